The van der Waals surface area contributed by atoms with Crippen LogP contribution in [-0.4, -0.2) is 32.0 Å². The number of nitrogens with one attached hydrogen (secondary N) is 1. The third-order valence-corrected chi connectivity index (χ3v) is 4.00. The molecule has 0 fully saturated rings. The van der Waals surface area contributed by atoms with Gasteiger partial charge in [0.1, 0.15) is 5.75 Å². The van der Waals surface area contributed by atoms with Crippen molar-refractivity contribution in [3.63, 3.8) is 0 Å². The maximum atomic E-state index is 11.9. The van der Waals surface area contributed by atoms with Crippen molar-refractivity contribution in [2.24, 2.45) is 0 Å². The van der Waals surface area contributed by atoms with Gasteiger partial charge >= 0.3 is 0 Å². The van der Waals surface area contributed by atoms with E-state index in [0.29, 0.717) is 18.0 Å². The molecule has 0 aliphatic carbocycles. The Morgan fingerprint density at radius 2 is 1.95 bits per heavy atom. The number of thiophene rings is 1. The number of nitrogens with zero attached hydrogens (tertiary/aromatic N) is 1. The first-order valence-electron chi connectivity index (χ1n) is 6.85. The monoisotopic (exact) mass is 318 g/mol. The first kappa shape index (κ1) is 16.0. The normalized spacial score (nSPS) is 10.1. The Hall–Kier alpha value is -2.34. The molecule has 2 rings (SSSR count). The van der Waals surface area contributed by atoms with Crippen LogP contribution in [0.5, 0.6) is 5.75 Å². The lowest BCUT2D eigenvalue weighted by molar-refractivity contribution is -0.116. The molecule has 1 aromatic carbocycles. The lowest BCUT2D eigenvalue weighted by Crippen LogP contribution is -2.37. The molecule has 2 aromatic rings. The third kappa shape index (κ3) is 4.08. The number of methoxy groups -OCH3 is 1. The molecule has 1 aromatic heterocycles. The van der Waals surface area contributed by atoms with E-state index < -0.39 is 0 Å². The van der Waals surface area contributed by atoms with Crippen LogP contribution >= 0.6 is 11.3 Å². The van der Waals surface area contributed by atoms with E-state index in [1.807, 2.05) is 23.6 Å². The summed E-state index contributed by atoms with van der Waals surface area (Å²) in [6.45, 7) is 2.31. The van der Waals surface area contributed by atoms with E-state index in [-0.39, 0.29) is 11.8 Å². The molecule has 0 spiro atoms. The van der Waals surface area contributed by atoms with Gasteiger partial charge in [-0.05, 0) is 35.7 Å². The molecule has 5 nitrogen and oxygen atoms in total. The topological polar surface area (TPSA) is 58.6 Å². The van der Waals surface area contributed by atoms with Crippen molar-refractivity contribution >= 4 is 28.8 Å². The number of hydrogen-bond donors (Lipinski definition) is 1. The molecule has 0 saturated carbocycles. The van der Waals surface area contributed by atoms with Crippen LogP contribution in [0.4, 0.5) is 5.69 Å². The predicted molar refractivity (Wildman–Crippen MR) is 87.7 cm³/mol. The minimum absolute atomic E-state index is 0.0736. The lowest BCUT2D eigenvalue weighted by Gasteiger charge is -2.21. The molecule has 0 aliphatic heterocycles. The minimum Gasteiger partial charge on any atom is -0.497 e. The van der Waals surface area contributed by atoms with E-state index in [0.717, 1.165) is 11.4 Å². The van der Waals surface area contributed by atoms with E-state index in [1.165, 1.54) is 18.3 Å². The summed E-state index contributed by atoms with van der Waals surface area (Å²) in [4.78, 5) is 25.9. The number of anilines is 1. The summed E-state index contributed by atoms with van der Waals surface area (Å²) in [5, 5.41) is 4.67. The summed E-state index contributed by atoms with van der Waals surface area (Å²) in [6.07, 6.45) is 0. The summed E-state index contributed by atoms with van der Waals surface area (Å²) >= 11 is 1.39. The standard InChI is InChI=1S/C16H18N2O3S/c1-12(19)18(13-5-7-14(21-2)8-6-13)10-9-17-16(20)15-4-3-11-22-15/h3-8,11H,9-10H2,1-2H3,(H,17,20). The number of hydrogen-bond acceptors (Lipinski definition) is 4. The van der Waals surface area contributed by atoms with Crippen molar-refractivity contribution in [2.75, 3.05) is 25.1 Å². The van der Waals surface area contributed by atoms with Crippen molar-refractivity contribution in [1.82, 2.24) is 5.32 Å². The highest BCUT2D eigenvalue weighted by Gasteiger charge is 2.12. The number of carbonyl (C=O) groups is 2. The number of ether oxygens (including phenoxy) is 1. The van der Waals surface area contributed by atoms with Crippen molar-refractivity contribution in [2.45, 2.75) is 6.92 Å². The van der Waals surface area contributed by atoms with Crippen LogP contribution < -0.4 is 15.0 Å². The van der Waals surface area contributed by atoms with Crippen LogP contribution in [0.15, 0.2) is 41.8 Å². The van der Waals surface area contributed by atoms with Crippen LogP contribution in [-0.2, 0) is 4.79 Å². The average Bonchev–Trinajstić information content (AvgIpc) is 3.06. The molecule has 1 N–H and O–H groups in total. The highest BCUT2D eigenvalue weighted by atomic mass is 32.1. The molecule has 1 heterocycles. The predicted octanol–water partition coefficient (Wildman–Crippen LogP) is 2.54. The van der Waals surface area contributed by atoms with E-state index in [2.05, 4.69) is 5.32 Å². The fourth-order valence-corrected chi connectivity index (χ4v) is 2.65. The van der Waals surface area contributed by atoms with Crippen LogP contribution in [0.1, 0.15) is 16.6 Å². The minimum atomic E-state index is -0.117. The molecule has 0 bridgehead atoms. The van der Waals surface area contributed by atoms with Crippen LogP contribution in [0.25, 0.3) is 0 Å². The summed E-state index contributed by atoms with van der Waals surface area (Å²) < 4.78 is 5.10. The van der Waals surface area contributed by atoms with Gasteiger partial charge in [-0.1, -0.05) is 6.07 Å². The highest BCUT2D eigenvalue weighted by Crippen LogP contribution is 2.19. The molecule has 6 heteroatoms. The zero-order valence-corrected chi connectivity index (χ0v) is 13.4. The van der Waals surface area contributed by atoms with Gasteiger partial charge in [0.2, 0.25) is 5.91 Å². The van der Waals surface area contributed by atoms with Gasteiger partial charge in [0.05, 0.1) is 12.0 Å². The van der Waals surface area contributed by atoms with Gasteiger partial charge in [0, 0.05) is 25.7 Å². The van der Waals surface area contributed by atoms with E-state index in [1.54, 1.807) is 30.2 Å². The van der Waals surface area contributed by atoms with Crippen molar-refractivity contribution in [3.05, 3.63) is 46.7 Å². The molecular weight excluding hydrogens is 300 g/mol. The number of benzene rings is 1. The molecule has 2 amide bonds. The van der Waals surface area contributed by atoms with Crippen molar-refractivity contribution in [1.29, 1.82) is 0 Å². The molecule has 0 unspecified atom stereocenters. The summed E-state index contributed by atoms with van der Waals surface area (Å²) in [5.41, 5.74) is 0.777. The molecule has 0 aliphatic rings. The molecule has 22 heavy (non-hydrogen) atoms. The Balaban J connectivity index is 1.94. The van der Waals surface area contributed by atoms with Gasteiger partial charge in [-0.25, -0.2) is 0 Å². The molecule has 116 valence electrons. The largest absolute Gasteiger partial charge is 0.497 e. The van der Waals surface area contributed by atoms with E-state index >= 15 is 0 Å². The number of amides is 2. The molecule has 0 saturated heterocycles. The maximum absolute atomic E-state index is 11.9. The number of carbonyl (C=O) groups excluding carboxylic acids is 2. The second-order valence-electron chi connectivity index (χ2n) is 4.60. The van der Waals surface area contributed by atoms with E-state index in [4.69, 9.17) is 4.74 Å². The van der Waals surface area contributed by atoms with Gasteiger partial charge in [0.15, 0.2) is 0 Å². The summed E-state index contributed by atoms with van der Waals surface area (Å²) in [7, 11) is 1.60. The maximum Gasteiger partial charge on any atom is 0.261 e. The zero-order valence-electron chi connectivity index (χ0n) is 12.5. The molecular formula is C16H18N2O3S. The Morgan fingerprint density at radius 3 is 2.50 bits per heavy atom. The molecule has 0 atom stereocenters. The first-order chi connectivity index (χ1) is 10.6. The highest BCUT2D eigenvalue weighted by molar-refractivity contribution is 7.12. The smallest absolute Gasteiger partial charge is 0.261 e. The summed E-state index contributed by atoms with van der Waals surface area (Å²) in [5.74, 6) is 0.544. The number of rotatable bonds is 6. The second-order valence-corrected chi connectivity index (χ2v) is 5.55. The van der Waals surface area contributed by atoms with Gasteiger partial charge < -0.3 is 15.0 Å². The lowest BCUT2D eigenvalue weighted by atomic mass is 10.2. The Bertz CT molecular complexity index is 623. The first-order valence-corrected chi connectivity index (χ1v) is 7.73. The molecule has 0 radical (unpaired) electrons. The van der Waals surface area contributed by atoms with Crippen molar-refractivity contribution < 1.29 is 14.3 Å². The van der Waals surface area contributed by atoms with E-state index in [9.17, 15) is 9.59 Å². The third-order valence-electron chi connectivity index (χ3n) is 3.13. The fraction of sp³-hybridized carbons (Fsp3) is 0.250. The van der Waals surface area contributed by atoms with Crippen molar-refractivity contribution in [3.8, 4) is 5.75 Å². The van der Waals surface area contributed by atoms with Crippen LogP contribution in [0.2, 0.25) is 0 Å². The SMILES string of the molecule is COc1ccc(N(CCNC(=O)c2cccs2)C(C)=O)cc1. The second kappa shape index (κ2) is 7.61. The van der Waals surface area contributed by atoms with Gasteiger partial charge in [0.25, 0.3) is 5.91 Å². The summed E-state index contributed by atoms with van der Waals surface area (Å²) in [6, 6.07) is 10.8. The van der Waals surface area contributed by atoms with Gasteiger partial charge in [-0.15, -0.1) is 11.3 Å². The Labute approximate surface area is 133 Å². The average molecular weight is 318 g/mol. The van der Waals surface area contributed by atoms with Gasteiger partial charge in [-0.3, -0.25) is 9.59 Å². The van der Waals surface area contributed by atoms with Gasteiger partial charge in [-0.2, -0.15) is 0 Å². The zero-order chi connectivity index (χ0) is 15.9. The van der Waals surface area contributed by atoms with Crippen LogP contribution in [0, 0.1) is 0 Å². The fourth-order valence-electron chi connectivity index (χ4n) is 2.01. The Morgan fingerprint density at radius 1 is 1.23 bits per heavy atom. The quantitative estimate of drug-likeness (QED) is 0.890. The Kier molecular flexibility index (Phi) is 5.55. The van der Waals surface area contributed by atoms with Crippen LogP contribution in [0.3, 0.4) is 0 Å².